The van der Waals surface area contributed by atoms with Crippen LogP contribution in [0, 0.1) is 10.1 Å². The summed E-state index contributed by atoms with van der Waals surface area (Å²) in [7, 11) is 0. The van der Waals surface area contributed by atoms with E-state index in [0.717, 1.165) is 35.9 Å². The Morgan fingerprint density at radius 2 is 1.83 bits per heavy atom. The van der Waals surface area contributed by atoms with E-state index in [2.05, 4.69) is 22.4 Å². The first-order valence-corrected chi connectivity index (χ1v) is 10.2. The molecule has 2 aromatic carbocycles. The second kappa shape index (κ2) is 8.50. The van der Waals surface area contributed by atoms with Gasteiger partial charge < -0.3 is 4.90 Å². The first kappa shape index (κ1) is 19.2. The van der Waals surface area contributed by atoms with Crippen LogP contribution in [-0.4, -0.2) is 51.8 Å². The lowest BCUT2D eigenvalue weighted by atomic mass is 10.1. The second-order valence-corrected chi connectivity index (χ2v) is 7.74. The fraction of sp³-hybridized carbons (Fsp3) is 0.238. The quantitative estimate of drug-likeness (QED) is 0.475. The van der Waals surface area contributed by atoms with Gasteiger partial charge in [0.25, 0.3) is 11.6 Å². The van der Waals surface area contributed by atoms with Crippen LogP contribution in [0.2, 0.25) is 0 Å². The van der Waals surface area contributed by atoms with Gasteiger partial charge in [0.1, 0.15) is 5.01 Å². The Bertz CT molecular complexity index is 1010. The number of hydrogen-bond donors (Lipinski definition) is 0. The molecule has 0 saturated carbocycles. The number of rotatable bonds is 5. The third-order valence-electron chi connectivity index (χ3n) is 4.92. The van der Waals surface area contributed by atoms with Gasteiger partial charge in [-0.05, 0) is 6.07 Å². The van der Waals surface area contributed by atoms with Crippen LogP contribution in [0.15, 0.2) is 60.0 Å². The lowest BCUT2D eigenvalue weighted by Gasteiger charge is -2.34. The minimum absolute atomic E-state index is 0.0627. The molecule has 1 aliphatic heterocycles. The number of piperazine rings is 1. The number of hydrogen-bond acceptors (Lipinski definition) is 6. The zero-order valence-electron chi connectivity index (χ0n) is 15.7. The Labute approximate surface area is 172 Å². The van der Waals surface area contributed by atoms with Crippen LogP contribution in [0.4, 0.5) is 5.69 Å². The highest BCUT2D eigenvalue weighted by Gasteiger charge is 2.23. The molecule has 0 spiro atoms. The number of nitro benzene ring substituents is 1. The van der Waals surface area contributed by atoms with Crippen LogP contribution in [0.25, 0.3) is 10.6 Å². The number of benzene rings is 2. The van der Waals surface area contributed by atoms with Crippen molar-refractivity contribution in [3.63, 3.8) is 0 Å². The van der Waals surface area contributed by atoms with Crippen molar-refractivity contribution in [3.05, 3.63) is 81.3 Å². The topological polar surface area (TPSA) is 79.6 Å². The summed E-state index contributed by atoms with van der Waals surface area (Å²) in [5.41, 5.74) is 2.45. The third-order valence-corrected chi connectivity index (χ3v) is 5.86. The van der Waals surface area contributed by atoms with Gasteiger partial charge in [-0.2, -0.15) is 0 Å². The summed E-state index contributed by atoms with van der Waals surface area (Å²) >= 11 is 1.64. The van der Waals surface area contributed by atoms with Crippen molar-refractivity contribution in [2.45, 2.75) is 6.54 Å². The largest absolute Gasteiger partial charge is 0.336 e. The van der Waals surface area contributed by atoms with Crippen molar-refractivity contribution in [3.8, 4) is 10.6 Å². The molecule has 4 rings (SSSR count). The molecule has 1 aliphatic rings. The molecule has 1 amide bonds. The molecular weight excluding hydrogens is 388 g/mol. The van der Waals surface area contributed by atoms with Crippen molar-refractivity contribution in [2.75, 3.05) is 26.2 Å². The van der Waals surface area contributed by atoms with Crippen molar-refractivity contribution < 1.29 is 9.72 Å². The van der Waals surface area contributed by atoms with Gasteiger partial charge in [-0.25, -0.2) is 4.98 Å². The van der Waals surface area contributed by atoms with Gasteiger partial charge in [-0.3, -0.25) is 19.8 Å². The van der Waals surface area contributed by atoms with Gasteiger partial charge in [0, 0.05) is 61.4 Å². The molecule has 0 radical (unpaired) electrons. The molecule has 148 valence electrons. The summed E-state index contributed by atoms with van der Waals surface area (Å²) < 4.78 is 0. The fourth-order valence-electron chi connectivity index (χ4n) is 3.37. The number of aromatic nitrogens is 1. The molecule has 8 heteroatoms. The summed E-state index contributed by atoms with van der Waals surface area (Å²) in [6.45, 7) is 3.44. The minimum atomic E-state index is -0.480. The molecule has 0 atom stereocenters. The van der Waals surface area contributed by atoms with E-state index in [1.807, 2.05) is 18.2 Å². The molecule has 29 heavy (non-hydrogen) atoms. The number of carbonyl (C=O) groups excluding carboxylic acids is 1. The predicted molar refractivity (Wildman–Crippen MR) is 112 cm³/mol. The maximum Gasteiger partial charge on any atom is 0.270 e. The SMILES string of the molecule is O=C(c1cccc([N+](=O)[O-])c1)N1CCN(Cc2csc(-c3ccccc3)n2)CC1. The molecule has 3 aromatic rings. The van der Waals surface area contributed by atoms with Crippen molar-refractivity contribution >= 4 is 22.9 Å². The van der Waals surface area contributed by atoms with Crippen LogP contribution >= 0.6 is 11.3 Å². The van der Waals surface area contributed by atoms with Crippen molar-refractivity contribution in [1.82, 2.24) is 14.8 Å². The van der Waals surface area contributed by atoms with Gasteiger partial charge in [-0.1, -0.05) is 36.4 Å². The Hall–Kier alpha value is -3.10. The predicted octanol–water partition coefficient (Wildman–Crippen LogP) is 3.68. The summed E-state index contributed by atoms with van der Waals surface area (Å²) in [5, 5.41) is 14.0. The van der Waals surface area contributed by atoms with Crippen LogP contribution in [0.3, 0.4) is 0 Å². The van der Waals surface area contributed by atoms with Gasteiger partial charge in [0.2, 0.25) is 0 Å². The van der Waals surface area contributed by atoms with Crippen LogP contribution in [0.1, 0.15) is 16.1 Å². The first-order chi connectivity index (χ1) is 14.1. The second-order valence-electron chi connectivity index (χ2n) is 6.89. The van der Waals surface area contributed by atoms with E-state index in [4.69, 9.17) is 4.98 Å². The molecule has 1 aromatic heterocycles. The van der Waals surface area contributed by atoms with Crippen LogP contribution < -0.4 is 0 Å². The summed E-state index contributed by atoms with van der Waals surface area (Å²) in [6, 6.07) is 16.0. The highest BCUT2D eigenvalue weighted by molar-refractivity contribution is 7.13. The van der Waals surface area contributed by atoms with Gasteiger partial charge in [0.15, 0.2) is 0 Å². The monoisotopic (exact) mass is 408 g/mol. The molecule has 0 aliphatic carbocycles. The minimum Gasteiger partial charge on any atom is -0.336 e. The Balaban J connectivity index is 1.34. The standard InChI is InChI=1S/C21H20N4O3S/c26-21(17-7-4-8-19(13-17)25(27)28)24-11-9-23(10-12-24)14-18-15-29-20(22-18)16-5-2-1-3-6-16/h1-8,13,15H,9-12,14H2. The number of nitro groups is 1. The van der Waals surface area contributed by atoms with Gasteiger partial charge >= 0.3 is 0 Å². The molecule has 0 N–H and O–H groups in total. The van der Waals surface area contributed by atoms with E-state index in [0.29, 0.717) is 18.7 Å². The Morgan fingerprint density at radius 1 is 1.07 bits per heavy atom. The summed E-state index contributed by atoms with van der Waals surface area (Å²) in [4.78, 5) is 31.9. The zero-order valence-corrected chi connectivity index (χ0v) is 16.5. The van der Waals surface area contributed by atoms with E-state index < -0.39 is 4.92 Å². The lowest BCUT2D eigenvalue weighted by Crippen LogP contribution is -2.48. The number of thiazole rings is 1. The molecule has 0 bridgehead atoms. The molecule has 2 heterocycles. The Kier molecular flexibility index (Phi) is 5.64. The molecular formula is C21H20N4O3S. The van der Waals surface area contributed by atoms with E-state index in [1.165, 1.54) is 12.1 Å². The highest BCUT2D eigenvalue weighted by Crippen LogP contribution is 2.24. The first-order valence-electron chi connectivity index (χ1n) is 9.36. The number of non-ortho nitro benzene ring substituents is 1. The molecule has 1 fully saturated rings. The normalized spacial score (nSPS) is 14.7. The van der Waals surface area contributed by atoms with Crippen molar-refractivity contribution in [1.29, 1.82) is 0 Å². The van der Waals surface area contributed by atoms with Gasteiger partial charge in [0.05, 0.1) is 10.6 Å². The van der Waals surface area contributed by atoms with Gasteiger partial charge in [-0.15, -0.1) is 11.3 Å². The van der Waals surface area contributed by atoms with E-state index in [-0.39, 0.29) is 11.6 Å². The van der Waals surface area contributed by atoms with E-state index in [9.17, 15) is 14.9 Å². The number of nitrogens with zero attached hydrogens (tertiary/aromatic N) is 4. The van der Waals surface area contributed by atoms with Crippen LogP contribution in [-0.2, 0) is 6.54 Å². The molecule has 1 saturated heterocycles. The maximum atomic E-state index is 12.7. The average molecular weight is 408 g/mol. The van der Waals surface area contributed by atoms with Crippen LogP contribution in [0.5, 0.6) is 0 Å². The summed E-state index contributed by atoms with van der Waals surface area (Å²) in [5.74, 6) is -0.159. The lowest BCUT2D eigenvalue weighted by molar-refractivity contribution is -0.384. The maximum absolute atomic E-state index is 12.7. The fourth-order valence-corrected chi connectivity index (χ4v) is 4.18. The third kappa shape index (κ3) is 4.49. The average Bonchev–Trinajstić information content (AvgIpc) is 3.23. The van der Waals surface area contributed by atoms with E-state index >= 15 is 0 Å². The molecule has 0 unspecified atom stereocenters. The van der Waals surface area contributed by atoms with Crippen molar-refractivity contribution in [2.24, 2.45) is 0 Å². The highest BCUT2D eigenvalue weighted by atomic mass is 32.1. The number of amides is 1. The summed E-state index contributed by atoms with van der Waals surface area (Å²) in [6.07, 6.45) is 0. The number of carbonyl (C=O) groups is 1. The smallest absolute Gasteiger partial charge is 0.270 e. The Morgan fingerprint density at radius 3 is 2.55 bits per heavy atom. The zero-order chi connectivity index (χ0) is 20.2. The van der Waals surface area contributed by atoms with E-state index in [1.54, 1.807) is 28.4 Å². The molecule has 7 nitrogen and oxygen atoms in total.